The SMILES string of the molecule is c1ccc(-c2cc(-n3c(-c4ccccc4)cc4ccncc43)c3sccc3c2)cc1. The fourth-order valence-corrected chi connectivity index (χ4v) is 5.04. The molecule has 0 radical (unpaired) electrons. The molecule has 0 atom stereocenters. The minimum absolute atomic E-state index is 1.12. The number of fused-ring (bicyclic) bond motifs is 2. The van der Waals surface area contributed by atoms with Crippen molar-refractivity contribution in [1.82, 2.24) is 9.55 Å². The van der Waals surface area contributed by atoms with E-state index in [1.54, 1.807) is 11.3 Å². The quantitative estimate of drug-likeness (QED) is 0.298. The highest BCUT2D eigenvalue weighted by Crippen LogP contribution is 2.38. The number of benzene rings is 3. The summed E-state index contributed by atoms with van der Waals surface area (Å²) in [4.78, 5) is 4.44. The van der Waals surface area contributed by atoms with Gasteiger partial charge in [-0.1, -0.05) is 60.7 Å². The molecular weight excluding hydrogens is 384 g/mol. The van der Waals surface area contributed by atoms with E-state index >= 15 is 0 Å². The van der Waals surface area contributed by atoms with Crippen LogP contribution in [-0.2, 0) is 0 Å². The summed E-state index contributed by atoms with van der Waals surface area (Å²) in [5.41, 5.74) is 7.14. The van der Waals surface area contributed by atoms with Gasteiger partial charge in [0.15, 0.2) is 0 Å². The average molecular weight is 403 g/mol. The lowest BCUT2D eigenvalue weighted by molar-refractivity contribution is 1.14. The van der Waals surface area contributed by atoms with Crippen molar-refractivity contribution >= 4 is 32.3 Å². The van der Waals surface area contributed by atoms with Gasteiger partial charge >= 0.3 is 0 Å². The Kier molecular flexibility index (Phi) is 4.00. The van der Waals surface area contributed by atoms with Crippen LogP contribution < -0.4 is 0 Å². The van der Waals surface area contributed by atoms with E-state index in [4.69, 9.17) is 0 Å². The third-order valence-electron chi connectivity index (χ3n) is 5.56. The monoisotopic (exact) mass is 402 g/mol. The van der Waals surface area contributed by atoms with E-state index in [1.807, 2.05) is 12.4 Å². The van der Waals surface area contributed by atoms with Crippen LogP contribution in [0.5, 0.6) is 0 Å². The average Bonchev–Trinajstić information content (AvgIpc) is 3.44. The van der Waals surface area contributed by atoms with Crippen LogP contribution in [0.15, 0.2) is 109 Å². The maximum atomic E-state index is 4.44. The molecule has 0 saturated carbocycles. The number of hydrogen-bond acceptors (Lipinski definition) is 2. The van der Waals surface area contributed by atoms with Crippen LogP contribution in [0.3, 0.4) is 0 Å². The molecule has 0 fully saturated rings. The van der Waals surface area contributed by atoms with Crippen molar-refractivity contribution in [3.05, 3.63) is 109 Å². The molecule has 0 saturated heterocycles. The lowest BCUT2D eigenvalue weighted by Crippen LogP contribution is -1.98. The Labute approximate surface area is 178 Å². The van der Waals surface area contributed by atoms with Gasteiger partial charge in [0.1, 0.15) is 0 Å². The first kappa shape index (κ1) is 17.2. The lowest BCUT2D eigenvalue weighted by Gasteiger charge is -2.14. The number of nitrogens with zero attached hydrogens (tertiary/aromatic N) is 2. The van der Waals surface area contributed by atoms with Crippen LogP contribution in [-0.4, -0.2) is 9.55 Å². The van der Waals surface area contributed by atoms with Gasteiger partial charge in [-0.05, 0) is 57.8 Å². The molecule has 0 aliphatic heterocycles. The predicted molar refractivity (Wildman–Crippen MR) is 127 cm³/mol. The van der Waals surface area contributed by atoms with Gasteiger partial charge in [0.2, 0.25) is 0 Å². The molecule has 2 nitrogen and oxygen atoms in total. The summed E-state index contributed by atoms with van der Waals surface area (Å²) >= 11 is 1.79. The van der Waals surface area contributed by atoms with E-state index in [1.165, 1.54) is 43.5 Å². The molecule has 0 spiro atoms. The standard InChI is InChI=1S/C27H18N2S/c1-3-7-19(8-4-1)23-15-22-12-14-30-27(22)25(17-23)29-24(20-9-5-2-6-10-20)16-21-11-13-28-18-26(21)29/h1-18H. The summed E-state index contributed by atoms with van der Waals surface area (Å²) in [5, 5.41) is 4.63. The minimum Gasteiger partial charge on any atom is -0.306 e. The molecule has 0 N–H and O–H groups in total. The van der Waals surface area contributed by atoms with Crippen LogP contribution in [0.2, 0.25) is 0 Å². The second-order valence-corrected chi connectivity index (χ2v) is 8.28. The first-order valence-corrected chi connectivity index (χ1v) is 10.8. The fraction of sp³-hybridized carbons (Fsp3) is 0. The third kappa shape index (κ3) is 2.75. The Morgan fingerprint density at radius 3 is 2.23 bits per heavy atom. The summed E-state index contributed by atoms with van der Waals surface area (Å²) in [7, 11) is 0. The summed E-state index contributed by atoms with van der Waals surface area (Å²) in [6.07, 6.45) is 3.83. The van der Waals surface area contributed by atoms with E-state index in [0.29, 0.717) is 0 Å². The summed E-state index contributed by atoms with van der Waals surface area (Å²) in [6.45, 7) is 0. The number of aromatic nitrogens is 2. The largest absolute Gasteiger partial charge is 0.306 e. The Bertz CT molecular complexity index is 1480. The smallest absolute Gasteiger partial charge is 0.0718 e. The van der Waals surface area contributed by atoms with Crippen LogP contribution in [0, 0.1) is 0 Å². The van der Waals surface area contributed by atoms with Crippen LogP contribution in [0.1, 0.15) is 0 Å². The van der Waals surface area contributed by atoms with Crippen LogP contribution in [0.4, 0.5) is 0 Å². The highest BCUT2D eigenvalue weighted by atomic mass is 32.1. The number of rotatable bonds is 3. The van der Waals surface area contributed by atoms with E-state index in [-0.39, 0.29) is 0 Å². The van der Waals surface area contributed by atoms with Gasteiger partial charge in [-0.3, -0.25) is 4.98 Å². The molecular formula is C27H18N2S. The maximum Gasteiger partial charge on any atom is 0.0718 e. The number of thiophene rings is 1. The van der Waals surface area contributed by atoms with Gasteiger partial charge in [0.05, 0.1) is 27.8 Å². The highest BCUT2D eigenvalue weighted by Gasteiger charge is 2.16. The summed E-state index contributed by atoms with van der Waals surface area (Å²) < 4.78 is 3.65. The van der Waals surface area contributed by atoms with Crippen molar-refractivity contribution in [2.24, 2.45) is 0 Å². The minimum atomic E-state index is 1.12. The molecule has 30 heavy (non-hydrogen) atoms. The Hall–Kier alpha value is -3.69. The van der Waals surface area contributed by atoms with E-state index in [9.17, 15) is 0 Å². The van der Waals surface area contributed by atoms with Crippen molar-refractivity contribution in [3.8, 4) is 28.1 Å². The van der Waals surface area contributed by atoms with E-state index in [0.717, 1.165) is 5.52 Å². The van der Waals surface area contributed by atoms with Crippen molar-refractivity contribution in [2.45, 2.75) is 0 Å². The van der Waals surface area contributed by atoms with Gasteiger partial charge in [-0.25, -0.2) is 0 Å². The number of hydrogen-bond donors (Lipinski definition) is 0. The summed E-state index contributed by atoms with van der Waals surface area (Å²) in [5.74, 6) is 0. The second kappa shape index (κ2) is 6.97. The van der Waals surface area contributed by atoms with Crippen molar-refractivity contribution in [1.29, 1.82) is 0 Å². The molecule has 3 aromatic carbocycles. The van der Waals surface area contributed by atoms with Crippen molar-refractivity contribution in [3.63, 3.8) is 0 Å². The summed E-state index contributed by atoms with van der Waals surface area (Å²) in [6, 6.07) is 32.3. The van der Waals surface area contributed by atoms with Crippen molar-refractivity contribution in [2.75, 3.05) is 0 Å². The zero-order valence-electron chi connectivity index (χ0n) is 16.2. The van der Waals surface area contributed by atoms with Crippen LogP contribution in [0.25, 0.3) is 49.1 Å². The Morgan fingerprint density at radius 2 is 1.43 bits per heavy atom. The molecule has 6 aromatic rings. The van der Waals surface area contributed by atoms with Gasteiger partial charge in [0, 0.05) is 11.6 Å². The maximum absolute atomic E-state index is 4.44. The number of pyridine rings is 1. The normalized spacial score (nSPS) is 11.3. The fourth-order valence-electron chi connectivity index (χ4n) is 4.15. The molecule has 142 valence electrons. The molecule has 6 rings (SSSR count). The lowest BCUT2D eigenvalue weighted by atomic mass is 10.0. The molecule has 3 heteroatoms. The van der Waals surface area contributed by atoms with Crippen LogP contribution >= 0.6 is 11.3 Å². The third-order valence-corrected chi connectivity index (χ3v) is 6.51. The Balaban J connectivity index is 1.71. The Morgan fingerprint density at radius 1 is 0.667 bits per heavy atom. The molecule has 0 aliphatic rings. The van der Waals surface area contributed by atoms with Gasteiger partial charge in [0.25, 0.3) is 0 Å². The highest BCUT2D eigenvalue weighted by molar-refractivity contribution is 7.17. The van der Waals surface area contributed by atoms with E-state index in [2.05, 4.69) is 106 Å². The second-order valence-electron chi connectivity index (χ2n) is 7.37. The first-order valence-electron chi connectivity index (χ1n) is 9.96. The molecule has 3 heterocycles. The van der Waals surface area contributed by atoms with Gasteiger partial charge < -0.3 is 4.57 Å². The van der Waals surface area contributed by atoms with Crippen molar-refractivity contribution < 1.29 is 0 Å². The van der Waals surface area contributed by atoms with E-state index < -0.39 is 0 Å². The molecule has 0 unspecified atom stereocenters. The molecule has 0 amide bonds. The molecule has 3 aromatic heterocycles. The topological polar surface area (TPSA) is 17.8 Å². The predicted octanol–water partition coefficient (Wildman–Crippen LogP) is 7.57. The first-order chi connectivity index (χ1) is 14.9. The zero-order valence-corrected chi connectivity index (χ0v) is 17.0. The molecule has 0 aliphatic carbocycles. The molecule has 0 bridgehead atoms. The van der Waals surface area contributed by atoms with Gasteiger partial charge in [-0.15, -0.1) is 11.3 Å². The van der Waals surface area contributed by atoms with Gasteiger partial charge in [-0.2, -0.15) is 0 Å². The zero-order chi connectivity index (χ0) is 19.9.